The normalized spacial score (nSPS) is 15.2. The van der Waals surface area contributed by atoms with Crippen molar-refractivity contribution < 1.29 is 14.3 Å². The smallest absolute Gasteiger partial charge is 0.253 e. The Morgan fingerprint density at radius 1 is 1.32 bits per heavy atom. The van der Waals surface area contributed by atoms with Gasteiger partial charge in [0.15, 0.2) is 0 Å². The number of benzene rings is 1. The van der Waals surface area contributed by atoms with Crippen molar-refractivity contribution in [2.75, 3.05) is 26.7 Å². The molecule has 0 aromatic heterocycles. The molecule has 1 aromatic rings. The third-order valence-electron chi connectivity index (χ3n) is 3.91. The molecule has 5 nitrogen and oxygen atoms in total. The Labute approximate surface area is 130 Å². The number of amides is 2. The Morgan fingerprint density at radius 3 is 2.50 bits per heavy atom. The molecule has 0 bridgehead atoms. The van der Waals surface area contributed by atoms with Gasteiger partial charge < -0.3 is 15.0 Å². The van der Waals surface area contributed by atoms with Crippen LogP contribution in [0.2, 0.25) is 0 Å². The van der Waals surface area contributed by atoms with Gasteiger partial charge in [0.05, 0.1) is 7.11 Å². The van der Waals surface area contributed by atoms with Crippen LogP contribution in [0.3, 0.4) is 0 Å². The van der Waals surface area contributed by atoms with Crippen LogP contribution in [0, 0.1) is 5.92 Å². The van der Waals surface area contributed by atoms with Crippen molar-refractivity contribution in [2.24, 2.45) is 5.92 Å². The van der Waals surface area contributed by atoms with Crippen molar-refractivity contribution in [3.63, 3.8) is 0 Å². The minimum atomic E-state index is -0.0140. The van der Waals surface area contributed by atoms with Gasteiger partial charge in [-0.3, -0.25) is 9.59 Å². The number of nitrogens with one attached hydrogen (secondary N) is 1. The third-order valence-corrected chi connectivity index (χ3v) is 3.91. The molecule has 0 aliphatic carbocycles. The maximum Gasteiger partial charge on any atom is 0.253 e. The van der Waals surface area contributed by atoms with Crippen LogP contribution in [-0.4, -0.2) is 43.5 Å². The van der Waals surface area contributed by atoms with E-state index < -0.39 is 0 Å². The summed E-state index contributed by atoms with van der Waals surface area (Å²) in [6.07, 6.45) is 3.07. The molecule has 118 valence electrons. The number of hydrogen-bond donors (Lipinski definition) is 1. The predicted molar refractivity (Wildman–Crippen MR) is 84.8 cm³/mol. The lowest BCUT2D eigenvalue weighted by atomic mass is 9.95. The van der Waals surface area contributed by atoms with Gasteiger partial charge in [0.2, 0.25) is 5.91 Å². The molecule has 22 heavy (non-hydrogen) atoms. The minimum absolute atomic E-state index is 0.00704. The molecular formula is C17H22N2O3. The summed E-state index contributed by atoms with van der Waals surface area (Å²) in [6, 6.07) is 7.10. The summed E-state index contributed by atoms with van der Waals surface area (Å²) in [5.41, 5.74) is 0.648. The highest BCUT2D eigenvalue weighted by molar-refractivity contribution is 5.94. The highest BCUT2D eigenvalue weighted by Gasteiger charge is 2.27. The van der Waals surface area contributed by atoms with E-state index >= 15 is 0 Å². The molecule has 0 radical (unpaired) electrons. The molecule has 5 heteroatoms. The topological polar surface area (TPSA) is 58.6 Å². The number of carbonyl (C=O) groups is 2. The number of hydrogen-bond acceptors (Lipinski definition) is 3. The Balaban J connectivity index is 1.88. The first-order valence-electron chi connectivity index (χ1n) is 7.47. The molecule has 1 aliphatic heterocycles. The Kier molecular flexibility index (Phi) is 5.58. The lowest BCUT2D eigenvalue weighted by Crippen LogP contribution is -2.43. The van der Waals surface area contributed by atoms with Crippen molar-refractivity contribution in [2.45, 2.75) is 12.8 Å². The number of piperidine rings is 1. The summed E-state index contributed by atoms with van der Waals surface area (Å²) in [5, 5.41) is 2.82. The predicted octanol–water partition coefficient (Wildman–Crippen LogP) is 1.85. The van der Waals surface area contributed by atoms with Crippen LogP contribution in [0.25, 0.3) is 0 Å². The van der Waals surface area contributed by atoms with E-state index in [-0.39, 0.29) is 17.7 Å². The summed E-state index contributed by atoms with van der Waals surface area (Å²) in [7, 11) is 1.60. The molecule has 0 atom stereocenters. The molecule has 1 aliphatic rings. The van der Waals surface area contributed by atoms with Gasteiger partial charge in [-0.15, -0.1) is 6.58 Å². The summed E-state index contributed by atoms with van der Waals surface area (Å²) in [6.45, 7) is 5.29. The standard InChI is InChI=1S/C17H22N2O3/c1-3-10-18-16(20)13-8-11-19(12-9-13)17(21)14-4-6-15(22-2)7-5-14/h3-7,13H,1,8-12H2,2H3,(H,18,20). The van der Waals surface area contributed by atoms with E-state index in [1.165, 1.54) is 0 Å². The second-order valence-corrected chi connectivity index (χ2v) is 5.33. The average Bonchev–Trinajstić information content (AvgIpc) is 2.59. The van der Waals surface area contributed by atoms with Crippen molar-refractivity contribution >= 4 is 11.8 Å². The molecule has 1 aromatic carbocycles. The van der Waals surface area contributed by atoms with Crippen molar-refractivity contribution in [3.8, 4) is 5.75 Å². The van der Waals surface area contributed by atoms with Gasteiger partial charge in [-0.05, 0) is 37.1 Å². The second kappa shape index (κ2) is 7.64. The van der Waals surface area contributed by atoms with Gasteiger partial charge in [0.25, 0.3) is 5.91 Å². The minimum Gasteiger partial charge on any atom is -0.497 e. The van der Waals surface area contributed by atoms with E-state index in [1.54, 1.807) is 42.4 Å². The fourth-order valence-corrected chi connectivity index (χ4v) is 2.58. The summed E-state index contributed by atoms with van der Waals surface area (Å²) in [4.78, 5) is 26.1. The zero-order chi connectivity index (χ0) is 15.9. The molecule has 1 N–H and O–H groups in total. The van der Waals surface area contributed by atoms with E-state index in [0.29, 0.717) is 38.0 Å². The molecular weight excluding hydrogens is 280 g/mol. The molecule has 1 fully saturated rings. The number of nitrogens with zero attached hydrogens (tertiary/aromatic N) is 1. The van der Waals surface area contributed by atoms with E-state index in [2.05, 4.69) is 11.9 Å². The Hall–Kier alpha value is -2.30. The van der Waals surface area contributed by atoms with Gasteiger partial charge in [0.1, 0.15) is 5.75 Å². The second-order valence-electron chi connectivity index (χ2n) is 5.33. The van der Waals surface area contributed by atoms with Crippen LogP contribution in [0.4, 0.5) is 0 Å². The van der Waals surface area contributed by atoms with Crippen LogP contribution in [-0.2, 0) is 4.79 Å². The molecule has 1 heterocycles. The number of rotatable bonds is 5. The zero-order valence-corrected chi connectivity index (χ0v) is 12.9. The van der Waals surface area contributed by atoms with Crippen molar-refractivity contribution in [1.29, 1.82) is 0 Å². The lowest BCUT2D eigenvalue weighted by Gasteiger charge is -2.31. The average molecular weight is 302 g/mol. The number of ether oxygens (including phenoxy) is 1. The van der Waals surface area contributed by atoms with E-state index in [9.17, 15) is 9.59 Å². The van der Waals surface area contributed by atoms with Gasteiger partial charge >= 0.3 is 0 Å². The molecule has 0 saturated carbocycles. The van der Waals surface area contributed by atoms with Crippen LogP contribution in [0.5, 0.6) is 5.75 Å². The highest BCUT2D eigenvalue weighted by atomic mass is 16.5. The van der Waals surface area contributed by atoms with Gasteiger partial charge in [-0.2, -0.15) is 0 Å². The van der Waals surface area contributed by atoms with E-state index in [0.717, 1.165) is 5.75 Å². The quantitative estimate of drug-likeness (QED) is 0.845. The highest BCUT2D eigenvalue weighted by Crippen LogP contribution is 2.20. The fourth-order valence-electron chi connectivity index (χ4n) is 2.58. The van der Waals surface area contributed by atoms with Crippen molar-refractivity contribution in [1.82, 2.24) is 10.2 Å². The van der Waals surface area contributed by atoms with E-state index in [1.807, 2.05) is 0 Å². The summed E-state index contributed by atoms with van der Waals surface area (Å²) < 4.78 is 5.09. The fraction of sp³-hybridized carbons (Fsp3) is 0.412. The van der Waals surface area contributed by atoms with Crippen molar-refractivity contribution in [3.05, 3.63) is 42.5 Å². The summed E-state index contributed by atoms with van der Waals surface area (Å²) in [5.74, 6) is 0.776. The van der Waals surface area contributed by atoms with Gasteiger partial charge in [0, 0.05) is 31.1 Å². The lowest BCUT2D eigenvalue weighted by molar-refractivity contribution is -0.126. The van der Waals surface area contributed by atoms with Gasteiger partial charge in [-0.25, -0.2) is 0 Å². The molecule has 1 saturated heterocycles. The Bertz CT molecular complexity index is 531. The largest absolute Gasteiger partial charge is 0.497 e. The van der Waals surface area contributed by atoms with Crippen LogP contribution >= 0.6 is 0 Å². The summed E-state index contributed by atoms with van der Waals surface area (Å²) >= 11 is 0. The molecule has 0 unspecified atom stereocenters. The van der Waals surface area contributed by atoms with Gasteiger partial charge in [-0.1, -0.05) is 6.08 Å². The number of methoxy groups -OCH3 is 1. The SMILES string of the molecule is C=CCNC(=O)C1CCN(C(=O)c2ccc(OC)cc2)CC1. The molecule has 0 spiro atoms. The number of carbonyl (C=O) groups excluding carboxylic acids is 2. The molecule has 2 amide bonds. The Morgan fingerprint density at radius 2 is 1.95 bits per heavy atom. The number of likely N-dealkylation sites (tertiary alicyclic amines) is 1. The monoisotopic (exact) mass is 302 g/mol. The maximum atomic E-state index is 12.4. The first-order valence-corrected chi connectivity index (χ1v) is 7.47. The van der Waals surface area contributed by atoms with Crippen LogP contribution in [0.1, 0.15) is 23.2 Å². The van der Waals surface area contributed by atoms with Crippen LogP contribution in [0.15, 0.2) is 36.9 Å². The van der Waals surface area contributed by atoms with Crippen LogP contribution < -0.4 is 10.1 Å². The van der Waals surface area contributed by atoms with E-state index in [4.69, 9.17) is 4.74 Å². The zero-order valence-electron chi connectivity index (χ0n) is 12.9. The first-order chi connectivity index (χ1) is 10.7. The maximum absolute atomic E-state index is 12.4. The first kappa shape index (κ1) is 16.1. The molecule has 2 rings (SSSR count). The third kappa shape index (κ3) is 3.87.